The predicted octanol–water partition coefficient (Wildman–Crippen LogP) is 2.55. The Hall–Kier alpha value is -2.98. The molecule has 3 fully saturated rings. The zero-order chi connectivity index (χ0) is 20.7. The molecule has 1 saturated carbocycles. The van der Waals surface area contributed by atoms with Crippen LogP contribution in [0.15, 0.2) is 42.6 Å². The van der Waals surface area contributed by atoms with Gasteiger partial charge in [-0.15, -0.1) is 0 Å². The van der Waals surface area contributed by atoms with Crippen LogP contribution in [0.1, 0.15) is 36.8 Å². The molecule has 2 saturated heterocycles. The third-order valence-electron chi connectivity index (χ3n) is 6.68. The number of anilines is 1. The van der Waals surface area contributed by atoms with Gasteiger partial charge in [0.15, 0.2) is 0 Å². The zero-order valence-corrected chi connectivity index (χ0v) is 16.7. The molecule has 2 aromatic rings. The van der Waals surface area contributed by atoms with Gasteiger partial charge < -0.3 is 9.80 Å². The van der Waals surface area contributed by atoms with Gasteiger partial charge in [0.1, 0.15) is 17.7 Å². The molecule has 0 spiro atoms. The van der Waals surface area contributed by atoms with Gasteiger partial charge in [-0.05, 0) is 55.5 Å². The van der Waals surface area contributed by atoms with Crippen LogP contribution < -0.4 is 10.2 Å². The molecule has 1 aliphatic carbocycles. The van der Waals surface area contributed by atoms with E-state index in [1.165, 1.54) is 6.07 Å². The van der Waals surface area contributed by atoms with Gasteiger partial charge in [0.2, 0.25) is 5.91 Å². The summed E-state index contributed by atoms with van der Waals surface area (Å²) in [7, 11) is 0. The number of carbonyl (C=O) groups is 1. The Morgan fingerprint density at radius 1 is 1.23 bits per heavy atom. The number of piperazine rings is 1. The van der Waals surface area contributed by atoms with Crippen LogP contribution in [-0.2, 0) is 10.3 Å². The van der Waals surface area contributed by atoms with Gasteiger partial charge in [-0.2, -0.15) is 5.26 Å². The van der Waals surface area contributed by atoms with Crippen LogP contribution >= 0.6 is 0 Å². The van der Waals surface area contributed by atoms with E-state index in [1.54, 1.807) is 24.4 Å². The number of amides is 1. The lowest BCUT2D eigenvalue weighted by Crippen LogP contribution is -2.57. The number of hydrogen-bond donors (Lipinski definition) is 1. The molecule has 1 N–H and O–H groups in total. The van der Waals surface area contributed by atoms with Crippen LogP contribution in [0.2, 0.25) is 0 Å². The highest BCUT2D eigenvalue weighted by Gasteiger charge is 2.46. The molecule has 154 valence electrons. The fourth-order valence-corrected chi connectivity index (χ4v) is 4.92. The summed E-state index contributed by atoms with van der Waals surface area (Å²) in [4.78, 5) is 21.7. The number of fused-ring (bicyclic) bond motifs is 2. The van der Waals surface area contributed by atoms with E-state index in [9.17, 15) is 9.18 Å². The average Bonchev–Trinajstić information content (AvgIpc) is 3.52. The maximum atomic E-state index is 13.6. The topological polar surface area (TPSA) is 72.3 Å². The van der Waals surface area contributed by atoms with Crippen molar-refractivity contribution in [1.82, 2.24) is 15.2 Å². The number of rotatable bonds is 5. The molecule has 7 heteroatoms. The van der Waals surface area contributed by atoms with E-state index in [0.717, 1.165) is 37.1 Å². The number of hydrogen-bond acceptors (Lipinski definition) is 5. The maximum absolute atomic E-state index is 13.6. The molecular formula is C23H24FN5O. The van der Waals surface area contributed by atoms with E-state index >= 15 is 0 Å². The third-order valence-corrected chi connectivity index (χ3v) is 6.68. The summed E-state index contributed by atoms with van der Waals surface area (Å²) >= 11 is 0. The minimum atomic E-state index is -0.259. The van der Waals surface area contributed by atoms with E-state index < -0.39 is 0 Å². The van der Waals surface area contributed by atoms with Gasteiger partial charge in [0.05, 0.1) is 12.1 Å². The van der Waals surface area contributed by atoms with Crippen LogP contribution in [0.25, 0.3) is 0 Å². The minimum Gasteiger partial charge on any atom is -0.347 e. The molecule has 1 aromatic carbocycles. The Morgan fingerprint density at radius 3 is 2.60 bits per heavy atom. The smallest absolute Gasteiger partial charge is 0.236 e. The van der Waals surface area contributed by atoms with Gasteiger partial charge in [-0.25, -0.2) is 9.37 Å². The maximum Gasteiger partial charge on any atom is 0.236 e. The summed E-state index contributed by atoms with van der Waals surface area (Å²) in [5.41, 5.74) is 1.22. The number of pyridine rings is 1. The Labute approximate surface area is 175 Å². The fourth-order valence-electron chi connectivity index (χ4n) is 4.92. The monoisotopic (exact) mass is 405 g/mol. The first-order chi connectivity index (χ1) is 14.6. The van der Waals surface area contributed by atoms with E-state index in [4.69, 9.17) is 5.26 Å². The molecular weight excluding hydrogens is 381 g/mol. The Balaban J connectivity index is 1.22. The minimum absolute atomic E-state index is 0.0991. The summed E-state index contributed by atoms with van der Waals surface area (Å²) in [6, 6.07) is 13.0. The van der Waals surface area contributed by atoms with Crippen molar-refractivity contribution in [2.75, 3.05) is 24.5 Å². The summed E-state index contributed by atoms with van der Waals surface area (Å²) in [5, 5.41) is 12.4. The van der Waals surface area contributed by atoms with Crippen LogP contribution in [0.4, 0.5) is 10.2 Å². The average molecular weight is 405 g/mol. The molecule has 2 bridgehead atoms. The van der Waals surface area contributed by atoms with E-state index in [2.05, 4.69) is 21.3 Å². The van der Waals surface area contributed by atoms with Crippen molar-refractivity contribution in [3.63, 3.8) is 0 Å². The van der Waals surface area contributed by atoms with Crippen molar-refractivity contribution in [3.05, 3.63) is 59.5 Å². The predicted molar refractivity (Wildman–Crippen MR) is 110 cm³/mol. The van der Waals surface area contributed by atoms with E-state index in [1.807, 2.05) is 17.0 Å². The highest BCUT2D eigenvalue weighted by atomic mass is 19.1. The van der Waals surface area contributed by atoms with Crippen LogP contribution in [0, 0.1) is 17.1 Å². The Bertz CT molecular complexity index is 983. The van der Waals surface area contributed by atoms with Gasteiger partial charge >= 0.3 is 0 Å². The first kappa shape index (κ1) is 19.0. The number of benzene rings is 1. The zero-order valence-electron chi connectivity index (χ0n) is 16.7. The quantitative estimate of drug-likeness (QED) is 0.828. The molecule has 3 heterocycles. The lowest BCUT2D eigenvalue weighted by Gasteiger charge is -2.42. The van der Waals surface area contributed by atoms with Gasteiger partial charge in [0.25, 0.3) is 0 Å². The molecule has 0 radical (unpaired) electrons. The number of aromatic nitrogens is 1. The molecule has 2 aliphatic heterocycles. The van der Waals surface area contributed by atoms with Crippen molar-refractivity contribution in [2.45, 2.75) is 43.3 Å². The lowest BCUT2D eigenvalue weighted by atomic mass is 10.0. The number of likely N-dealkylation sites (tertiary alicyclic amines) is 1. The number of nitrogens with one attached hydrogen (secondary N) is 1. The Kier molecular flexibility index (Phi) is 4.67. The number of halogens is 1. The second-order valence-corrected chi connectivity index (χ2v) is 8.55. The molecule has 3 aliphatic rings. The molecule has 2 atom stereocenters. The molecule has 6 nitrogen and oxygen atoms in total. The van der Waals surface area contributed by atoms with E-state index in [-0.39, 0.29) is 35.9 Å². The summed E-state index contributed by atoms with van der Waals surface area (Å²) < 4.78 is 13.6. The number of nitrogens with zero attached hydrogens (tertiary/aromatic N) is 4. The van der Waals surface area contributed by atoms with Crippen LogP contribution in [0.5, 0.6) is 0 Å². The molecule has 1 aromatic heterocycles. The fraction of sp³-hybridized carbons (Fsp3) is 0.435. The van der Waals surface area contributed by atoms with Crippen molar-refractivity contribution >= 4 is 11.7 Å². The highest BCUT2D eigenvalue weighted by molar-refractivity contribution is 5.79. The van der Waals surface area contributed by atoms with Gasteiger partial charge in [-0.3, -0.25) is 10.1 Å². The van der Waals surface area contributed by atoms with E-state index in [0.29, 0.717) is 18.7 Å². The molecule has 1 amide bonds. The van der Waals surface area contributed by atoms with Crippen LogP contribution in [0.3, 0.4) is 0 Å². The molecule has 2 unspecified atom stereocenters. The third kappa shape index (κ3) is 3.41. The van der Waals surface area contributed by atoms with Gasteiger partial charge in [-0.1, -0.05) is 12.1 Å². The summed E-state index contributed by atoms with van der Waals surface area (Å²) in [5.74, 6) is 0.743. The van der Waals surface area contributed by atoms with Crippen molar-refractivity contribution < 1.29 is 9.18 Å². The number of carbonyl (C=O) groups excluding carboxylic acids is 1. The van der Waals surface area contributed by atoms with Crippen LogP contribution in [-0.4, -0.2) is 47.5 Å². The van der Waals surface area contributed by atoms with Crippen molar-refractivity contribution in [3.8, 4) is 6.07 Å². The Morgan fingerprint density at radius 2 is 2.00 bits per heavy atom. The first-order valence-electron chi connectivity index (χ1n) is 10.5. The standard InChI is InChI=1S/C23H24FN5O/c24-18-3-1-2-17(10-18)23(8-9-23)27-13-22(30)28-14-19-5-6-20(15-28)29(19)21-7-4-16(11-25)12-26-21/h1-4,7,10,12,19-20,27H,5-6,8-9,13-15H2. The number of nitriles is 1. The highest BCUT2D eigenvalue weighted by Crippen LogP contribution is 2.45. The molecule has 5 rings (SSSR count). The lowest BCUT2D eigenvalue weighted by molar-refractivity contribution is -0.131. The second kappa shape index (κ2) is 7.37. The SMILES string of the molecule is N#Cc1ccc(N2C3CCC2CN(C(=O)CNC2(c4cccc(F)c4)CC2)C3)nc1. The summed E-state index contributed by atoms with van der Waals surface area (Å²) in [6.45, 7) is 1.64. The van der Waals surface area contributed by atoms with Crippen molar-refractivity contribution in [2.24, 2.45) is 0 Å². The van der Waals surface area contributed by atoms with Crippen molar-refractivity contribution in [1.29, 1.82) is 5.26 Å². The first-order valence-corrected chi connectivity index (χ1v) is 10.5. The normalized spacial score (nSPS) is 23.9. The largest absolute Gasteiger partial charge is 0.347 e. The van der Waals surface area contributed by atoms with Gasteiger partial charge in [0, 0.05) is 36.9 Å². The second-order valence-electron chi connectivity index (χ2n) is 8.55. The molecule has 30 heavy (non-hydrogen) atoms. The summed E-state index contributed by atoms with van der Waals surface area (Å²) in [6.07, 6.45) is 5.53.